The Bertz CT molecular complexity index is 1150. The second kappa shape index (κ2) is 14.4. The van der Waals surface area contributed by atoms with Crippen LogP contribution in [0.2, 0.25) is 0 Å². The van der Waals surface area contributed by atoms with Gasteiger partial charge in [0.05, 0.1) is 19.4 Å². The third kappa shape index (κ3) is 9.71. The fourth-order valence-electron chi connectivity index (χ4n) is 3.34. The maximum absolute atomic E-state index is 12.4. The maximum Gasteiger partial charge on any atom is 0.305 e. The van der Waals surface area contributed by atoms with Crippen molar-refractivity contribution in [2.75, 3.05) is 11.9 Å². The van der Waals surface area contributed by atoms with Gasteiger partial charge < -0.3 is 25.1 Å². The number of esters is 1. The fraction of sp³-hybridized carbons (Fsp3) is 0.259. The smallest absolute Gasteiger partial charge is 0.305 e. The number of thiocarbonyl (C=S) groups is 1. The predicted octanol–water partition coefficient (Wildman–Crippen LogP) is 4.37. The molecule has 0 atom stereocenters. The highest BCUT2D eigenvalue weighted by molar-refractivity contribution is 7.80. The molecule has 3 rings (SSSR count). The Balaban J connectivity index is 1.30. The number of hydrogen-bond donors (Lipinski definition) is 3. The van der Waals surface area contributed by atoms with E-state index in [2.05, 4.69) is 16.0 Å². The van der Waals surface area contributed by atoms with Crippen LogP contribution in [-0.4, -0.2) is 29.5 Å². The van der Waals surface area contributed by atoms with Gasteiger partial charge >= 0.3 is 5.97 Å². The number of anilines is 1. The van der Waals surface area contributed by atoms with E-state index in [0.717, 1.165) is 12.8 Å². The van der Waals surface area contributed by atoms with Crippen molar-refractivity contribution in [1.82, 2.24) is 10.6 Å². The lowest BCUT2D eigenvalue weighted by Crippen LogP contribution is -2.34. The summed E-state index contributed by atoms with van der Waals surface area (Å²) in [5, 5.41) is 8.35. The SMILES string of the molecule is O=C(CCCC(=O)OCCCc1ccccc1)NC(=S)Nc1cccc(C(=O)NCc2ccco2)c1. The summed E-state index contributed by atoms with van der Waals surface area (Å²) in [6, 6.07) is 20.3. The van der Waals surface area contributed by atoms with Crippen LogP contribution < -0.4 is 16.0 Å². The van der Waals surface area contributed by atoms with Crippen molar-refractivity contribution in [2.45, 2.75) is 38.6 Å². The monoisotopic (exact) mass is 507 g/mol. The highest BCUT2D eigenvalue weighted by atomic mass is 32.1. The van der Waals surface area contributed by atoms with Crippen molar-refractivity contribution in [3.05, 3.63) is 89.9 Å². The number of nitrogens with one attached hydrogen (secondary N) is 3. The molecule has 0 saturated heterocycles. The summed E-state index contributed by atoms with van der Waals surface area (Å²) in [6.07, 6.45) is 3.80. The fourth-order valence-corrected chi connectivity index (χ4v) is 3.58. The molecule has 0 aliphatic heterocycles. The number of benzene rings is 2. The average Bonchev–Trinajstić information content (AvgIpc) is 3.39. The number of hydrogen-bond acceptors (Lipinski definition) is 6. The topological polar surface area (TPSA) is 110 Å². The Kier molecular flexibility index (Phi) is 10.7. The number of rotatable bonds is 12. The Morgan fingerprint density at radius 1 is 0.917 bits per heavy atom. The molecule has 0 radical (unpaired) electrons. The number of ether oxygens (including phenoxy) is 1. The summed E-state index contributed by atoms with van der Waals surface area (Å²) in [4.78, 5) is 36.4. The summed E-state index contributed by atoms with van der Waals surface area (Å²) < 4.78 is 10.4. The molecule has 188 valence electrons. The van der Waals surface area contributed by atoms with Gasteiger partial charge in [0, 0.05) is 24.1 Å². The van der Waals surface area contributed by atoms with Gasteiger partial charge in [0.15, 0.2) is 5.11 Å². The van der Waals surface area contributed by atoms with E-state index in [9.17, 15) is 14.4 Å². The minimum Gasteiger partial charge on any atom is -0.467 e. The largest absolute Gasteiger partial charge is 0.467 e. The third-order valence-corrected chi connectivity index (χ3v) is 5.34. The predicted molar refractivity (Wildman–Crippen MR) is 140 cm³/mol. The molecule has 9 heteroatoms. The van der Waals surface area contributed by atoms with Gasteiger partial charge in [0.25, 0.3) is 5.91 Å². The highest BCUT2D eigenvalue weighted by Crippen LogP contribution is 2.11. The molecule has 0 fully saturated rings. The third-order valence-electron chi connectivity index (χ3n) is 5.14. The second-order valence-corrected chi connectivity index (χ2v) is 8.42. The van der Waals surface area contributed by atoms with Gasteiger partial charge in [-0.2, -0.15) is 0 Å². The van der Waals surface area contributed by atoms with Crippen molar-refractivity contribution < 1.29 is 23.5 Å². The van der Waals surface area contributed by atoms with Crippen molar-refractivity contribution in [3.8, 4) is 0 Å². The van der Waals surface area contributed by atoms with Gasteiger partial charge in [0.2, 0.25) is 5.91 Å². The van der Waals surface area contributed by atoms with Crippen molar-refractivity contribution in [1.29, 1.82) is 0 Å². The van der Waals surface area contributed by atoms with E-state index < -0.39 is 0 Å². The highest BCUT2D eigenvalue weighted by Gasteiger charge is 2.10. The summed E-state index contributed by atoms with van der Waals surface area (Å²) in [5.41, 5.74) is 2.20. The lowest BCUT2D eigenvalue weighted by Gasteiger charge is -2.11. The van der Waals surface area contributed by atoms with E-state index in [4.69, 9.17) is 21.4 Å². The summed E-state index contributed by atoms with van der Waals surface area (Å²) >= 11 is 5.19. The Hall–Kier alpha value is -3.98. The zero-order valence-corrected chi connectivity index (χ0v) is 20.6. The number of carbonyl (C=O) groups excluding carboxylic acids is 3. The first-order chi connectivity index (χ1) is 17.5. The lowest BCUT2D eigenvalue weighted by molar-refractivity contribution is -0.143. The molecule has 36 heavy (non-hydrogen) atoms. The van der Waals surface area contributed by atoms with Gasteiger partial charge in [-0.25, -0.2) is 0 Å². The Morgan fingerprint density at radius 2 is 1.75 bits per heavy atom. The summed E-state index contributed by atoms with van der Waals surface area (Å²) in [7, 11) is 0. The maximum atomic E-state index is 12.4. The molecule has 2 aromatic carbocycles. The number of carbonyl (C=O) groups is 3. The Labute approximate surface area is 215 Å². The molecule has 3 aromatic rings. The second-order valence-electron chi connectivity index (χ2n) is 8.01. The van der Waals surface area contributed by atoms with Crippen LogP contribution in [0.25, 0.3) is 0 Å². The van der Waals surface area contributed by atoms with Gasteiger partial charge in [-0.3, -0.25) is 14.4 Å². The average molecular weight is 508 g/mol. The quantitative estimate of drug-likeness (QED) is 0.190. The molecule has 0 unspecified atom stereocenters. The minimum atomic E-state index is -0.321. The van der Waals surface area contributed by atoms with Crippen LogP contribution >= 0.6 is 12.2 Å². The molecule has 0 bridgehead atoms. The van der Waals surface area contributed by atoms with E-state index in [-0.39, 0.29) is 42.3 Å². The van der Waals surface area contributed by atoms with Crippen LogP contribution in [0.15, 0.2) is 77.4 Å². The van der Waals surface area contributed by atoms with E-state index in [1.165, 1.54) is 5.56 Å². The van der Waals surface area contributed by atoms with E-state index in [1.807, 2.05) is 30.3 Å². The van der Waals surface area contributed by atoms with Crippen LogP contribution in [0, 0.1) is 0 Å². The van der Waals surface area contributed by atoms with E-state index >= 15 is 0 Å². The van der Waals surface area contributed by atoms with E-state index in [1.54, 1.807) is 42.7 Å². The van der Waals surface area contributed by atoms with Crippen LogP contribution in [-0.2, 0) is 27.3 Å². The number of furan rings is 1. The first-order valence-corrected chi connectivity index (χ1v) is 12.1. The number of amides is 2. The summed E-state index contributed by atoms with van der Waals surface area (Å²) in [6.45, 7) is 0.632. The minimum absolute atomic E-state index is 0.108. The van der Waals surface area contributed by atoms with Crippen LogP contribution in [0.5, 0.6) is 0 Å². The molecule has 2 amide bonds. The first-order valence-electron chi connectivity index (χ1n) is 11.7. The van der Waals surface area contributed by atoms with Crippen molar-refractivity contribution >= 4 is 40.8 Å². The number of aryl methyl sites for hydroxylation is 1. The van der Waals surface area contributed by atoms with Gasteiger partial charge in [-0.05, 0) is 67.4 Å². The van der Waals surface area contributed by atoms with Gasteiger partial charge in [-0.15, -0.1) is 0 Å². The standard InChI is InChI=1S/C27H29N3O5S/c31-24(14-5-15-25(32)35-17-6-10-20-8-2-1-3-9-20)30-27(36)29-22-12-4-11-21(18-22)26(33)28-19-23-13-7-16-34-23/h1-4,7-9,11-13,16,18H,5-6,10,14-15,17,19H2,(H,28,33)(H2,29,30,31,36). The van der Waals surface area contributed by atoms with Crippen molar-refractivity contribution in [2.24, 2.45) is 0 Å². The normalized spacial score (nSPS) is 10.3. The van der Waals surface area contributed by atoms with Crippen LogP contribution in [0.1, 0.15) is 47.4 Å². The molecule has 0 aliphatic rings. The molecular formula is C27H29N3O5S. The molecule has 1 aromatic heterocycles. The van der Waals surface area contributed by atoms with E-state index in [0.29, 0.717) is 30.0 Å². The molecule has 0 spiro atoms. The van der Waals surface area contributed by atoms with Gasteiger partial charge in [-0.1, -0.05) is 36.4 Å². The molecule has 3 N–H and O–H groups in total. The Morgan fingerprint density at radius 3 is 2.53 bits per heavy atom. The van der Waals surface area contributed by atoms with Crippen LogP contribution in [0.3, 0.4) is 0 Å². The summed E-state index contributed by atoms with van der Waals surface area (Å²) in [5.74, 6) is -0.245. The zero-order chi connectivity index (χ0) is 25.6. The zero-order valence-electron chi connectivity index (χ0n) is 19.8. The van der Waals surface area contributed by atoms with Crippen LogP contribution in [0.4, 0.5) is 5.69 Å². The molecule has 0 saturated carbocycles. The van der Waals surface area contributed by atoms with Gasteiger partial charge in [0.1, 0.15) is 5.76 Å². The lowest BCUT2D eigenvalue weighted by atomic mass is 10.1. The molecule has 1 heterocycles. The van der Waals surface area contributed by atoms with Crippen molar-refractivity contribution in [3.63, 3.8) is 0 Å². The molecular weight excluding hydrogens is 478 g/mol. The molecule has 8 nitrogen and oxygen atoms in total. The first kappa shape index (κ1) is 26.6. The molecule has 0 aliphatic carbocycles.